The molecule has 2 aromatic rings. The van der Waals surface area contributed by atoms with Crippen LogP contribution < -0.4 is 10.5 Å². The Morgan fingerprint density at radius 1 is 1.29 bits per heavy atom. The molecule has 1 aromatic heterocycles. The van der Waals surface area contributed by atoms with Crippen molar-refractivity contribution in [2.75, 3.05) is 25.1 Å². The molecule has 1 aromatic carbocycles. The molecule has 124 valence electrons. The summed E-state index contributed by atoms with van der Waals surface area (Å²) < 4.78 is 6.78. The molecule has 0 atom stereocenters. The number of hydrogen-bond donors (Lipinski definition) is 0. The van der Waals surface area contributed by atoms with Crippen LogP contribution in [0.2, 0.25) is 0 Å². The fraction of sp³-hybridized carbons (Fsp3) is 0.389. The van der Waals surface area contributed by atoms with E-state index in [1.165, 1.54) is 6.07 Å². The quantitative estimate of drug-likeness (QED) is 0.840. The largest absolute Gasteiger partial charge is 0.378 e. The molecule has 0 N–H and O–H groups in total. The zero-order valence-corrected chi connectivity index (χ0v) is 13.7. The van der Waals surface area contributed by atoms with E-state index in [4.69, 9.17) is 4.74 Å². The number of rotatable bonds is 5. The number of benzene rings is 1. The summed E-state index contributed by atoms with van der Waals surface area (Å²) in [5.74, 6) is 0.666. The Hall–Kier alpha value is -2.65. The van der Waals surface area contributed by atoms with E-state index in [1.54, 1.807) is 17.7 Å². The standard InChI is InChI=1S/C18H20N4O2/c1-24-13-16-10-17(23)22(18(20-16)21-8-4-5-9-21)12-15-7-3-2-6-14(15)11-19/h2-3,6-7,10H,4-5,8-9,12-13H2,1H3. The smallest absolute Gasteiger partial charge is 0.255 e. The number of nitrogens with zero attached hydrogens (tertiary/aromatic N) is 4. The normalized spacial score (nSPS) is 13.9. The van der Waals surface area contributed by atoms with E-state index >= 15 is 0 Å². The van der Waals surface area contributed by atoms with E-state index < -0.39 is 0 Å². The van der Waals surface area contributed by atoms with Crippen molar-refractivity contribution in [1.29, 1.82) is 5.26 Å². The summed E-state index contributed by atoms with van der Waals surface area (Å²) in [5.41, 5.74) is 1.92. The van der Waals surface area contributed by atoms with Gasteiger partial charge in [0, 0.05) is 26.3 Å². The topological polar surface area (TPSA) is 71.2 Å². The van der Waals surface area contributed by atoms with E-state index in [-0.39, 0.29) is 5.56 Å². The molecule has 1 aliphatic rings. The van der Waals surface area contributed by atoms with Crippen LogP contribution in [0.3, 0.4) is 0 Å². The van der Waals surface area contributed by atoms with Crippen molar-refractivity contribution < 1.29 is 4.74 Å². The van der Waals surface area contributed by atoms with Crippen molar-refractivity contribution in [2.24, 2.45) is 0 Å². The summed E-state index contributed by atoms with van der Waals surface area (Å²) in [6, 6.07) is 11.0. The van der Waals surface area contributed by atoms with Crippen LogP contribution in [0.15, 0.2) is 35.1 Å². The summed E-state index contributed by atoms with van der Waals surface area (Å²) in [4.78, 5) is 19.4. The molecule has 0 aliphatic carbocycles. The predicted octanol–water partition coefficient (Wildman–Crippen LogP) is 1.91. The molecule has 6 nitrogen and oxygen atoms in total. The van der Waals surface area contributed by atoms with Crippen LogP contribution in [0.4, 0.5) is 5.95 Å². The fourth-order valence-electron chi connectivity index (χ4n) is 3.01. The van der Waals surface area contributed by atoms with Gasteiger partial charge >= 0.3 is 0 Å². The summed E-state index contributed by atoms with van der Waals surface area (Å²) >= 11 is 0. The first kappa shape index (κ1) is 16.2. The molecule has 1 saturated heterocycles. The second kappa shape index (κ2) is 7.28. The van der Waals surface area contributed by atoms with Gasteiger partial charge in [-0.25, -0.2) is 4.98 Å². The Kier molecular flexibility index (Phi) is 4.92. The van der Waals surface area contributed by atoms with Crippen molar-refractivity contribution in [3.8, 4) is 6.07 Å². The number of hydrogen-bond acceptors (Lipinski definition) is 5. The lowest BCUT2D eigenvalue weighted by Gasteiger charge is -2.22. The number of aromatic nitrogens is 2. The lowest BCUT2D eigenvalue weighted by molar-refractivity contribution is 0.181. The fourth-order valence-corrected chi connectivity index (χ4v) is 3.01. The predicted molar refractivity (Wildman–Crippen MR) is 90.9 cm³/mol. The van der Waals surface area contributed by atoms with Crippen LogP contribution in [0.1, 0.15) is 29.7 Å². The Morgan fingerprint density at radius 2 is 2.04 bits per heavy atom. The van der Waals surface area contributed by atoms with Crippen LogP contribution in [-0.2, 0) is 17.9 Å². The van der Waals surface area contributed by atoms with Crippen molar-refractivity contribution >= 4 is 5.95 Å². The Bertz CT molecular complexity index is 816. The number of anilines is 1. The Balaban J connectivity index is 2.05. The number of ether oxygens (including phenoxy) is 1. The molecule has 0 radical (unpaired) electrons. The maximum atomic E-state index is 12.7. The zero-order valence-electron chi connectivity index (χ0n) is 13.7. The molecule has 1 fully saturated rings. The number of nitriles is 1. The Labute approximate surface area is 140 Å². The van der Waals surface area contributed by atoms with Crippen molar-refractivity contribution in [1.82, 2.24) is 9.55 Å². The molecule has 24 heavy (non-hydrogen) atoms. The van der Waals surface area contributed by atoms with Gasteiger partial charge in [0.1, 0.15) is 0 Å². The lowest BCUT2D eigenvalue weighted by atomic mass is 10.1. The SMILES string of the molecule is COCc1cc(=O)n(Cc2ccccc2C#N)c(N2CCCC2)n1. The third-order valence-electron chi connectivity index (χ3n) is 4.19. The first-order valence-electron chi connectivity index (χ1n) is 8.05. The van der Waals surface area contributed by atoms with Gasteiger partial charge in [0.15, 0.2) is 0 Å². The zero-order chi connectivity index (χ0) is 16.9. The minimum Gasteiger partial charge on any atom is -0.378 e. The molecule has 0 amide bonds. The average Bonchev–Trinajstić information content (AvgIpc) is 3.12. The highest BCUT2D eigenvalue weighted by molar-refractivity contribution is 5.40. The van der Waals surface area contributed by atoms with Crippen LogP contribution in [0.25, 0.3) is 0 Å². The molecule has 0 unspecified atom stereocenters. The van der Waals surface area contributed by atoms with Gasteiger partial charge < -0.3 is 9.64 Å². The Morgan fingerprint density at radius 3 is 2.75 bits per heavy atom. The summed E-state index contributed by atoms with van der Waals surface area (Å²) in [7, 11) is 1.59. The average molecular weight is 324 g/mol. The van der Waals surface area contributed by atoms with Gasteiger partial charge in [-0.15, -0.1) is 0 Å². The highest BCUT2D eigenvalue weighted by Crippen LogP contribution is 2.19. The summed E-state index contributed by atoms with van der Waals surface area (Å²) in [6.45, 7) is 2.44. The summed E-state index contributed by atoms with van der Waals surface area (Å²) in [5, 5.41) is 9.28. The maximum absolute atomic E-state index is 12.7. The molecule has 1 aliphatic heterocycles. The van der Waals surface area contributed by atoms with Gasteiger partial charge in [-0.1, -0.05) is 18.2 Å². The van der Waals surface area contributed by atoms with E-state index in [0.717, 1.165) is 31.5 Å². The lowest BCUT2D eigenvalue weighted by Crippen LogP contribution is -2.32. The molecule has 2 heterocycles. The highest BCUT2D eigenvalue weighted by Gasteiger charge is 2.20. The molecule has 0 bridgehead atoms. The molecular formula is C18H20N4O2. The minimum absolute atomic E-state index is 0.119. The van der Waals surface area contributed by atoms with Gasteiger partial charge in [-0.3, -0.25) is 9.36 Å². The van der Waals surface area contributed by atoms with E-state index in [0.29, 0.717) is 30.4 Å². The van der Waals surface area contributed by atoms with Crippen LogP contribution >= 0.6 is 0 Å². The highest BCUT2D eigenvalue weighted by atomic mass is 16.5. The van der Waals surface area contributed by atoms with Gasteiger partial charge in [0.2, 0.25) is 5.95 Å². The third-order valence-corrected chi connectivity index (χ3v) is 4.19. The van der Waals surface area contributed by atoms with E-state index in [2.05, 4.69) is 16.0 Å². The molecule has 0 spiro atoms. The van der Waals surface area contributed by atoms with Crippen LogP contribution in [0.5, 0.6) is 0 Å². The first-order valence-corrected chi connectivity index (χ1v) is 8.05. The van der Waals surface area contributed by atoms with Crippen molar-refractivity contribution in [3.63, 3.8) is 0 Å². The van der Waals surface area contributed by atoms with Gasteiger partial charge in [-0.2, -0.15) is 5.26 Å². The molecule has 3 rings (SSSR count). The van der Waals surface area contributed by atoms with Crippen LogP contribution in [-0.4, -0.2) is 29.8 Å². The second-order valence-corrected chi connectivity index (χ2v) is 5.87. The first-order chi connectivity index (χ1) is 11.7. The van der Waals surface area contributed by atoms with E-state index in [1.807, 2.05) is 18.2 Å². The van der Waals surface area contributed by atoms with Gasteiger partial charge in [-0.05, 0) is 24.5 Å². The number of methoxy groups -OCH3 is 1. The van der Waals surface area contributed by atoms with Gasteiger partial charge in [0.05, 0.1) is 30.5 Å². The van der Waals surface area contributed by atoms with Crippen molar-refractivity contribution in [2.45, 2.75) is 26.0 Å². The molecular weight excluding hydrogens is 304 g/mol. The second-order valence-electron chi connectivity index (χ2n) is 5.87. The molecule has 0 saturated carbocycles. The minimum atomic E-state index is -0.119. The monoisotopic (exact) mass is 324 g/mol. The van der Waals surface area contributed by atoms with Crippen molar-refractivity contribution in [3.05, 3.63) is 57.5 Å². The molecule has 6 heteroatoms. The third kappa shape index (κ3) is 3.31. The van der Waals surface area contributed by atoms with Crippen LogP contribution in [0, 0.1) is 11.3 Å². The summed E-state index contributed by atoms with van der Waals surface area (Å²) in [6.07, 6.45) is 2.19. The van der Waals surface area contributed by atoms with E-state index in [9.17, 15) is 10.1 Å². The maximum Gasteiger partial charge on any atom is 0.255 e. The van der Waals surface area contributed by atoms with Gasteiger partial charge in [0.25, 0.3) is 5.56 Å².